The molecule has 0 radical (unpaired) electrons. The van der Waals surface area contributed by atoms with E-state index in [9.17, 15) is 14.0 Å². The van der Waals surface area contributed by atoms with Crippen LogP contribution in [0.4, 0.5) is 4.39 Å². The van der Waals surface area contributed by atoms with Crippen LogP contribution in [0.15, 0.2) is 18.2 Å². The minimum absolute atomic E-state index is 0.0159. The van der Waals surface area contributed by atoms with Crippen LogP contribution in [0, 0.1) is 5.82 Å². The third-order valence-electron chi connectivity index (χ3n) is 5.04. The van der Waals surface area contributed by atoms with E-state index in [2.05, 4.69) is 10.4 Å². The number of aromatic nitrogens is 2. The first-order valence-electron chi connectivity index (χ1n) is 10.6. The summed E-state index contributed by atoms with van der Waals surface area (Å²) >= 11 is 5.91. The topological polar surface area (TPSA) is 82.5 Å². The summed E-state index contributed by atoms with van der Waals surface area (Å²) in [6.07, 6.45) is 3.42. The zero-order chi connectivity index (χ0) is 22.2. The van der Waals surface area contributed by atoms with Crippen LogP contribution in [0.1, 0.15) is 58.3 Å². The van der Waals surface area contributed by atoms with Crippen LogP contribution in [0.5, 0.6) is 0 Å². The number of nitrogens with one attached hydrogen (secondary N) is 1. The maximum absolute atomic E-state index is 13.1. The van der Waals surface area contributed by atoms with E-state index in [0.717, 1.165) is 36.4 Å². The van der Waals surface area contributed by atoms with Gasteiger partial charge in [-0.1, -0.05) is 18.5 Å². The molecule has 168 valence electrons. The lowest BCUT2D eigenvalue weighted by Crippen LogP contribution is -2.26. The number of halogens is 2. The van der Waals surface area contributed by atoms with Gasteiger partial charge in [-0.15, -0.1) is 0 Å². The number of carbonyl (C=O) groups excluding carboxylic acids is 2. The first kappa shape index (κ1) is 23.2. The second kappa shape index (κ2) is 11.2. The summed E-state index contributed by atoms with van der Waals surface area (Å²) in [6.45, 7) is 4.46. The molecule has 3 rings (SSSR count). The smallest absolute Gasteiger partial charge is 0.339 e. The van der Waals surface area contributed by atoms with E-state index in [-0.39, 0.29) is 23.1 Å². The fourth-order valence-electron chi connectivity index (χ4n) is 3.52. The number of esters is 1. The van der Waals surface area contributed by atoms with Crippen LogP contribution in [0.25, 0.3) is 0 Å². The fourth-order valence-corrected chi connectivity index (χ4v) is 3.76. The lowest BCUT2D eigenvalue weighted by Gasteiger charge is -2.10. The van der Waals surface area contributed by atoms with Gasteiger partial charge in [-0.3, -0.25) is 9.48 Å². The van der Waals surface area contributed by atoms with Crippen LogP contribution >= 0.6 is 11.6 Å². The Balaban J connectivity index is 1.65. The number of nitrogens with zero attached hydrogens (tertiary/aromatic N) is 2. The third-order valence-corrected chi connectivity index (χ3v) is 5.36. The number of hydrogen-bond acceptors (Lipinski definition) is 5. The van der Waals surface area contributed by atoms with Crippen LogP contribution in [0.3, 0.4) is 0 Å². The van der Waals surface area contributed by atoms with Crippen molar-refractivity contribution in [1.82, 2.24) is 15.1 Å². The normalized spacial score (nSPS) is 15.0. The lowest BCUT2D eigenvalue weighted by molar-refractivity contribution is 0.0494. The molecule has 1 aromatic carbocycles. The van der Waals surface area contributed by atoms with Gasteiger partial charge in [0.15, 0.2) is 0 Å². The van der Waals surface area contributed by atoms with Gasteiger partial charge in [-0.2, -0.15) is 5.10 Å². The minimum Gasteiger partial charge on any atom is -0.462 e. The van der Waals surface area contributed by atoms with Crippen molar-refractivity contribution in [2.45, 2.75) is 45.6 Å². The number of hydrogen-bond donors (Lipinski definition) is 1. The van der Waals surface area contributed by atoms with Crippen molar-refractivity contribution in [3.63, 3.8) is 0 Å². The quantitative estimate of drug-likeness (QED) is 0.536. The summed E-state index contributed by atoms with van der Waals surface area (Å²) in [5.74, 6) is -1.21. The molecule has 31 heavy (non-hydrogen) atoms. The van der Waals surface area contributed by atoms with Crippen molar-refractivity contribution < 1.29 is 23.5 Å². The SMILES string of the molecule is CCc1nn(CCCOC(=O)c2ccc(F)cc2Cl)c2c1C(=O)NCCCOCCC2. The molecule has 0 unspecified atom stereocenters. The van der Waals surface area contributed by atoms with Crippen LogP contribution < -0.4 is 5.32 Å². The standard InChI is InChI=1S/C22H27ClFN3O4/c1-2-18-20-19(6-3-11-30-12-4-9-25-21(20)28)27(26-18)10-5-13-31-22(29)16-8-7-15(24)14-17(16)23/h7-8,14H,2-6,9-13H2,1H3,(H,25,28). The zero-order valence-corrected chi connectivity index (χ0v) is 18.3. The van der Waals surface area contributed by atoms with E-state index in [4.69, 9.17) is 21.1 Å². The van der Waals surface area contributed by atoms with Gasteiger partial charge < -0.3 is 14.8 Å². The van der Waals surface area contributed by atoms with Crippen molar-refractivity contribution in [3.8, 4) is 0 Å². The predicted molar refractivity (Wildman–Crippen MR) is 114 cm³/mol. The maximum Gasteiger partial charge on any atom is 0.339 e. The molecule has 1 aliphatic rings. The van der Waals surface area contributed by atoms with Crippen LogP contribution in [0.2, 0.25) is 5.02 Å². The highest BCUT2D eigenvalue weighted by Gasteiger charge is 2.23. The Morgan fingerprint density at radius 2 is 2.16 bits per heavy atom. The predicted octanol–water partition coefficient (Wildman–Crippen LogP) is 3.57. The number of benzene rings is 1. The first-order chi connectivity index (χ1) is 15.0. The molecule has 7 nitrogen and oxygen atoms in total. The number of fused-ring (bicyclic) bond motifs is 1. The molecule has 2 aromatic rings. The number of ether oxygens (including phenoxy) is 2. The molecule has 0 bridgehead atoms. The first-order valence-corrected chi connectivity index (χ1v) is 11.0. The Morgan fingerprint density at radius 3 is 2.94 bits per heavy atom. The number of carbonyl (C=O) groups is 2. The molecule has 9 heteroatoms. The maximum atomic E-state index is 13.1. The number of rotatable bonds is 6. The minimum atomic E-state index is -0.601. The van der Waals surface area contributed by atoms with Crippen molar-refractivity contribution in [2.24, 2.45) is 0 Å². The number of aryl methyl sites for hydroxylation is 2. The van der Waals surface area contributed by atoms with Gasteiger partial charge in [0.2, 0.25) is 0 Å². The fraction of sp³-hybridized carbons (Fsp3) is 0.500. The second-order valence-corrected chi connectivity index (χ2v) is 7.69. The molecular weight excluding hydrogens is 425 g/mol. The third kappa shape index (κ3) is 6.04. The Morgan fingerprint density at radius 1 is 1.35 bits per heavy atom. The van der Waals surface area contributed by atoms with Crippen molar-refractivity contribution >= 4 is 23.5 Å². The largest absolute Gasteiger partial charge is 0.462 e. The zero-order valence-electron chi connectivity index (χ0n) is 17.6. The monoisotopic (exact) mass is 451 g/mol. The average Bonchev–Trinajstić information content (AvgIpc) is 3.08. The second-order valence-electron chi connectivity index (χ2n) is 7.28. The van der Waals surface area contributed by atoms with Gasteiger partial charge in [0.1, 0.15) is 5.82 Å². The molecule has 1 aliphatic heterocycles. The Kier molecular flexibility index (Phi) is 8.43. The molecular formula is C22H27ClFN3O4. The van der Waals surface area contributed by atoms with Gasteiger partial charge in [-0.05, 0) is 43.9 Å². The highest BCUT2D eigenvalue weighted by Crippen LogP contribution is 2.20. The molecule has 0 spiro atoms. The Labute approximate surface area is 185 Å². The van der Waals surface area contributed by atoms with Gasteiger partial charge in [0, 0.05) is 32.7 Å². The number of amides is 1. The molecule has 1 aromatic heterocycles. The van der Waals surface area contributed by atoms with Crippen molar-refractivity contribution in [2.75, 3.05) is 26.4 Å². The summed E-state index contributed by atoms with van der Waals surface area (Å²) < 4.78 is 25.9. The highest BCUT2D eigenvalue weighted by atomic mass is 35.5. The average molecular weight is 452 g/mol. The van der Waals surface area contributed by atoms with E-state index >= 15 is 0 Å². The van der Waals surface area contributed by atoms with Crippen LogP contribution in [-0.4, -0.2) is 48.0 Å². The van der Waals surface area contributed by atoms with Gasteiger partial charge >= 0.3 is 5.97 Å². The molecule has 0 saturated heterocycles. The van der Waals surface area contributed by atoms with E-state index in [0.29, 0.717) is 51.1 Å². The van der Waals surface area contributed by atoms with E-state index < -0.39 is 11.8 Å². The van der Waals surface area contributed by atoms with Crippen molar-refractivity contribution in [3.05, 3.63) is 51.6 Å². The highest BCUT2D eigenvalue weighted by molar-refractivity contribution is 6.33. The van der Waals surface area contributed by atoms with Gasteiger partial charge in [0.05, 0.1) is 34.1 Å². The molecule has 0 aliphatic carbocycles. The summed E-state index contributed by atoms with van der Waals surface area (Å²) in [5, 5.41) is 7.61. The summed E-state index contributed by atoms with van der Waals surface area (Å²) in [4.78, 5) is 24.9. The van der Waals surface area contributed by atoms with Crippen LogP contribution in [-0.2, 0) is 28.9 Å². The lowest BCUT2D eigenvalue weighted by atomic mass is 10.1. The van der Waals surface area contributed by atoms with E-state index in [1.807, 2.05) is 11.6 Å². The summed E-state index contributed by atoms with van der Waals surface area (Å²) in [7, 11) is 0. The molecule has 0 saturated carbocycles. The Bertz CT molecular complexity index is 932. The molecule has 2 heterocycles. The molecule has 1 amide bonds. The molecule has 1 N–H and O–H groups in total. The van der Waals surface area contributed by atoms with E-state index in [1.54, 1.807) is 0 Å². The summed E-state index contributed by atoms with van der Waals surface area (Å²) in [6, 6.07) is 3.55. The molecule has 0 atom stereocenters. The Hall–Kier alpha value is -2.45. The molecule has 0 fully saturated rings. The van der Waals surface area contributed by atoms with Crippen molar-refractivity contribution in [1.29, 1.82) is 0 Å². The van der Waals surface area contributed by atoms with E-state index in [1.165, 1.54) is 6.07 Å². The van der Waals surface area contributed by atoms with Gasteiger partial charge in [-0.25, -0.2) is 9.18 Å². The summed E-state index contributed by atoms with van der Waals surface area (Å²) in [5.41, 5.74) is 2.43. The van der Waals surface area contributed by atoms with Gasteiger partial charge in [0.25, 0.3) is 5.91 Å².